The molecule has 0 bridgehead atoms. The fourth-order valence-electron chi connectivity index (χ4n) is 2.30. The summed E-state index contributed by atoms with van der Waals surface area (Å²) in [6, 6.07) is 11.9. The summed E-state index contributed by atoms with van der Waals surface area (Å²) in [4.78, 5) is 13.2. The van der Waals surface area contributed by atoms with Gasteiger partial charge in [0.2, 0.25) is 11.1 Å². The van der Waals surface area contributed by atoms with Gasteiger partial charge in [-0.1, -0.05) is 47.7 Å². The Bertz CT molecular complexity index is 843. The van der Waals surface area contributed by atoms with E-state index in [2.05, 4.69) is 15.5 Å². The number of benzene rings is 1. The van der Waals surface area contributed by atoms with Crippen molar-refractivity contribution in [3.8, 4) is 11.4 Å². The number of aromatic nitrogens is 3. The number of aryl methyl sites for hydroxylation is 1. The van der Waals surface area contributed by atoms with Gasteiger partial charge in [0.15, 0.2) is 5.82 Å². The van der Waals surface area contributed by atoms with Crippen LogP contribution in [0.2, 0.25) is 0 Å². The highest BCUT2D eigenvalue weighted by atomic mass is 32.2. The number of thioether (sulfide) groups is 1. The first-order valence-electron chi connectivity index (χ1n) is 7.77. The van der Waals surface area contributed by atoms with Gasteiger partial charge in [-0.2, -0.15) is 0 Å². The number of hydrogen-bond donors (Lipinski definition) is 2. The Morgan fingerprint density at radius 2 is 2.08 bits per heavy atom. The molecule has 0 aliphatic heterocycles. The van der Waals surface area contributed by atoms with Gasteiger partial charge in [-0.15, -0.1) is 21.5 Å². The van der Waals surface area contributed by atoms with E-state index in [0.717, 1.165) is 16.0 Å². The van der Waals surface area contributed by atoms with Crippen LogP contribution in [0, 0.1) is 6.92 Å². The van der Waals surface area contributed by atoms with Crippen molar-refractivity contribution in [3.05, 3.63) is 52.2 Å². The van der Waals surface area contributed by atoms with Gasteiger partial charge in [-0.25, -0.2) is 4.68 Å². The van der Waals surface area contributed by atoms with E-state index in [-0.39, 0.29) is 17.7 Å². The number of nitrogen functional groups attached to an aromatic ring is 1. The zero-order valence-electron chi connectivity index (χ0n) is 14.0. The number of amides is 1. The second kappa shape index (κ2) is 7.71. The third-order valence-corrected chi connectivity index (χ3v) is 5.65. The quantitative estimate of drug-likeness (QED) is 0.512. The number of rotatable bonds is 6. The summed E-state index contributed by atoms with van der Waals surface area (Å²) in [5.74, 6) is 6.83. The number of hydrogen-bond acceptors (Lipinski definition) is 6. The zero-order chi connectivity index (χ0) is 17.8. The molecule has 1 amide bonds. The minimum absolute atomic E-state index is 0.00744. The molecule has 3 rings (SSSR count). The van der Waals surface area contributed by atoms with E-state index in [1.807, 2.05) is 55.6 Å². The Morgan fingerprint density at radius 1 is 1.32 bits per heavy atom. The largest absolute Gasteiger partial charge is 0.348 e. The molecule has 0 spiro atoms. The molecule has 0 unspecified atom stereocenters. The number of thiophene rings is 1. The van der Waals surface area contributed by atoms with Gasteiger partial charge in [0, 0.05) is 10.4 Å². The molecule has 0 fully saturated rings. The molecule has 25 heavy (non-hydrogen) atoms. The highest BCUT2D eigenvalue weighted by Crippen LogP contribution is 2.22. The van der Waals surface area contributed by atoms with E-state index in [1.54, 1.807) is 11.3 Å². The SMILES string of the molecule is Cc1ccc(-c2nnc(SCC(=O)N[C@@H](C)c3cccs3)n2N)cc1. The smallest absolute Gasteiger partial charge is 0.230 e. The van der Waals surface area contributed by atoms with Gasteiger partial charge in [0.05, 0.1) is 11.8 Å². The maximum atomic E-state index is 12.1. The molecule has 1 aromatic carbocycles. The van der Waals surface area contributed by atoms with Crippen molar-refractivity contribution in [3.63, 3.8) is 0 Å². The average Bonchev–Trinajstić information content (AvgIpc) is 3.24. The molecular weight excluding hydrogens is 354 g/mol. The molecule has 0 radical (unpaired) electrons. The van der Waals surface area contributed by atoms with E-state index in [9.17, 15) is 4.79 Å². The van der Waals surface area contributed by atoms with Crippen molar-refractivity contribution >= 4 is 29.0 Å². The van der Waals surface area contributed by atoms with Crippen LogP contribution in [0.5, 0.6) is 0 Å². The molecule has 130 valence electrons. The van der Waals surface area contributed by atoms with E-state index in [1.165, 1.54) is 16.4 Å². The number of nitrogens with one attached hydrogen (secondary N) is 1. The summed E-state index contributed by atoms with van der Waals surface area (Å²) in [5, 5.41) is 13.7. The monoisotopic (exact) mass is 373 g/mol. The van der Waals surface area contributed by atoms with Crippen molar-refractivity contribution in [2.75, 3.05) is 11.6 Å². The normalized spacial score (nSPS) is 12.1. The average molecular weight is 374 g/mol. The van der Waals surface area contributed by atoms with Crippen LogP contribution in [0.25, 0.3) is 11.4 Å². The second-order valence-corrected chi connectivity index (χ2v) is 7.56. The van der Waals surface area contributed by atoms with Gasteiger partial charge in [0.25, 0.3) is 0 Å². The molecule has 0 aliphatic carbocycles. The number of carbonyl (C=O) groups excluding carboxylic acids is 1. The summed E-state index contributed by atoms with van der Waals surface area (Å²) in [6.45, 7) is 3.99. The topological polar surface area (TPSA) is 85.8 Å². The molecule has 2 aromatic heterocycles. The molecule has 0 aliphatic rings. The third kappa shape index (κ3) is 4.21. The lowest BCUT2D eigenvalue weighted by atomic mass is 10.1. The van der Waals surface area contributed by atoms with Crippen LogP contribution in [-0.4, -0.2) is 26.5 Å². The zero-order valence-corrected chi connectivity index (χ0v) is 15.6. The number of nitrogens with two attached hydrogens (primary N) is 1. The first-order valence-corrected chi connectivity index (χ1v) is 9.64. The molecule has 2 heterocycles. The van der Waals surface area contributed by atoms with Gasteiger partial charge in [-0.05, 0) is 25.3 Å². The first kappa shape index (κ1) is 17.5. The van der Waals surface area contributed by atoms with E-state index in [0.29, 0.717) is 11.0 Å². The molecular formula is C17H19N5OS2. The molecule has 8 heteroatoms. The van der Waals surface area contributed by atoms with Gasteiger partial charge in [0.1, 0.15) is 0 Å². The highest BCUT2D eigenvalue weighted by Gasteiger charge is 2.15. The Kier molecular flexibility index (Phi) is 5.40. The third-order valence-electron chi connectivity index (χ3n) is 3.65. The van der Waals surface area contributed by atoms with E-state index >= 15 is 0 Å². The Morgan fingerprint density at radius 3 is 2.76 bits per heavy atom. The van der Waals surface area contributed by atoms with E-state index in [4.69, 9.17) is 5.84 Å². The Labute approximate surface area is 154 Å². The molecule has 3 aromatic rings. The lowest BCUT2D eigenvalue weighted by Gasteiger charge is -2.11. The van der Waals surface area contributed by atoms with Gasteiger partial charge >= 0.3 is 0 Å². The van der Waals surface area contributed by atoms with Gasteiger partial charge in [-0.3, -0.25) is 4.79 Å². The molecule has 0 saturated carbocycles. The van der Waals surface area contributed by atoms with Crippen molar-refractivity contribution < 1.29 is 4.79 Å². The second-order valence-electron chi connectivity index (χ2n) is 5.64. The number of nitrogens with zero attached hydrogens (tertiary/aromatic N) is 3. The minimum atomic E-state index is -0.0641. The number of carbonyl (C=O) groups is 1. The molecule has 0 saturated heterocycles. The van der Waals surface area contributed by atoms with Crippen LogP contribution in [0.1, 0.15) is 23.4 Å². The van der Waals surface area contributed by atoms with Crippen LogP contribution < -0.4 is 11.2 Å². The fourth-order valence-corrected chi connectivity index (χ4v) is 3.70. The fraction of sp³-hybridized carbons (Fsp3) is 0.235. The molecule has 3 N–H and O–H groups in total. The van der Waals surface area contributed by atoms with Crippen LogP contribution in [-0.2, 0) is 4.79 Å². The van der Waals surface area contributed by atoms with Gasteiger partial charge < -0.3 is 11.2 Å². The maximum absolute atomic E-state index is 12.1. The first-order chi connectivity index (χ1) is 12.0. The van der Waals surface area contributed by atoms with Crippen molar-refractivity contribution in [1.82, 2.24) is 20.2 Å². The Balaban J connectivity index is 1.60. The molecule has 6 nitrogen and oxygen atoms in total. The summed E-state index contributed by atoms with van der Waals surface area (Å²) in [6.07, 6.45) is 0. The summed E-state index contributed by atoms with van der Waals surface area (Å²) >= 11 is 2.89. The highest BCUT2D eigenvalue weighted by molar-refractivity contribution is 7.99. The van der Waals surface area contributed by atoms with Crippen molar-refractivity contribution in [2.24, 2.45) is 0 Å². The van der Waals surface area contributed by atoms with E-state index < -0.39 is 0 Å². The van der Waals surface area contributed by atoms with Crippen molar-refractivity contribution in [1.29, 1.82) is 0 Å². The maximum Gasteiger partial charge on any atom is 0.230 e. The summed E-state index contributed by atoms with van der Waals surface area (Å²) in [7, 11) is 0. The standard InChI is InChI=1S/C17H19N5OS2/c1-11-5-7-13(8-6-11)16-20-21-17(22(16)18)25-10-15(23)19-12(2)14-4-3-9-24-14/h3-9,12H,10,18H2,1-2H3,(H,19,23)/t12-/m0/s1. The lowest BCUT2D eigenvalue weighted by molar-refractivity contribution is -0.119. The van der Waals surface area contributed by atoms with Crippen LogP contribution in [0.4, 0.5) is 0 Å². The minimum Gasteiger partial charge on any atom is -0.348 e. The predicted octanol–water partition coefficient (Wildman–Crippen LogP) is 3.00. The lowest BCUT2D eigenvalue weighted by Crippen LogP contribution is -2.28. The molecule has 1 atom stereocenters. The van der Waals surface area contributed by atoms with Crippen LogP contribution in [0.15, 0.2) is 46.9 Å². The van der Waals surface area contributed by atoms with Crippen LogP contribution in [0.3, 0.4) is 0 Å². The summed E-state index contributed by atoms with van der Waals surface area (Å²) in [5.41, 5.74) is 2.06. The van der Waals surface area contributed by atoms with Crippen LogP contribution >= 0.6 is 23.1 Å². The van der Waals surface area contributed by atoms with Crippen molar-refractivity contribution in [2.45, 2.75) is 25.0 Å². The predicted molar refractivity (Wildman–Crippen MR) is 102 cm³/mol. The Hall–Kier alpha value is -2.32. The summed E-state index contributed by atoms with van der Waals surface area (Å²) < 4.78 is 1.42.